The molecule has 2 saturated heterocycles. The zero-order valence-electron chi connectivity index (χ0n) is 47.2. The predicted molar refractivity (Wildman–Crippen MR) is 313 cm³/mol. The second-order valence-corrected chi connectivity index (χ2v) is 25.5. The second kappa shape index (κ2) is 20.0. The molecule has 8 aliphatic rings. The molecule has 6 fully saturated rings. The topological polar surface area (TPSA) is 175 Å². The number of likely N-dealkylation sites (tertiary alicyclic amines) is 2. The number of amides is 4. The van der Waals surface area contributed by atoms with Crippen molar-refractivity contribution < 1.29 is 28.7 Å². The highest BCUT2D eigenvalue weighted by atomic mass is 16.6. The predicted octanol–water partition coefficient (Wildman–Crippen LogP) is 13.7. The van der Waals surface area contributed by atoms with Gasteiger partial charge in [0.25, 0.3) is 0 Å². The van der Waals surface area contributed by atoms with E-state index in [0.717, 1.165) is 66.9 Å². The molecule has 14 heteroatoms. The van der Waals surface area contributed by atoms with Gasteiger partial charge >= 0.3 is 12.2 Å². The van der Waals surface area contributed by atoms with E-state index >= 15 is 0 Å². The van der Waals surface area contributed by atoms with Crippen LogP contribution in [0.1, 0.15) is 174 Å². The van der Waals surface area contributed by atoms with E-state index in [1.165, 1.54) is 83.0 Å². The monoisotopic (exact) mass is 1100 g/mol. The Bertz CT molecular complexity index is 3690. The van der Waals surface area contributed by atoms with Crippen LogP contribution in [0.15, 0.2) is 109 Å². The van der Waals surface area contributed by atoms with Crippen molar-refractivity contribution in [1.29, 1.82) is 0 Å². The average Bonchev–Trinajstić information content (AvgIpc) is 2.63. The van der Waals surface area contributed by atoms with E-state index in [-0.39, 0.29) is 47.8 Å². The number of nitrogens with one attached hydrogen (secondary N) is 4. The quantitative estimate of drug-likeness (QED) is 0.0785. The molecule has 0 spiro atoms. The fraction of sp³-hybridized carbons (Fsp3) is 0.441. The van der Waals surface area contributed by atoms with E-state index in [2.05, 4.69) is 70.0 Å². The number of imidazole rings is 2. The van der Waals surface area contributed by atoms with E-state index < -0.39 is 24.3 Å². The lowest BCUT2D eigenvalue weighted by molar-refractivity contribution is -0.137. The summed E-state index contributed by atoms with van der Waals surface area (Å²) in [7, 11) is 0. The summed E-state index contributed by atoms with van der Waals surface area (Å²) < 4.78 is 11.2. The summed E-state index contributed by atoms with van der Waals surface area (Å²) in [5, 5.41) is 5.91. The van der Waals surface area contributed by atoms with Gasteiger partial charge in [-0.2, -0.15) is 0 Å². The minimum atomic E-state index is -0.726. The Morgan fingerprint density at radius 3 is 1.56 bits per heavy atom. The Labute approximate surface area is 478 Å². The van der Waals surface area contributed by atoms with E-state index in [1.807, 2.05) is 73.2 Å². The molecule has 2 aliphatic heterocycles. The van der Waals surface area contributed by atoms with Crippen LogP contribution in [-0.4, -0.2) is 77.9 Å². The molecule has 82 heavy (non-hydrogen) atoms. The molecule has 5 aromatic carbocycles. The molecule has 15 rings (SSSR count). The molecule has 4 saturated carbocycles. The van der Waals surface area contributed by atoms with Crippen molar-refractivity contribution in [3.63, 3.8) is 0 Å². The molecule has 4 heterocycles. The summed E-state index contributed by atoms with van der Waals surface area (Å²) in [6, 6.07) is 32.6. The lowest BCUT2D eigenvalue weighted by Gasteiger charge is -2.32. The van der Waals surface area contributed by atoms with E-state index in [1.54, 1.807) is 29.8 Å². The fourth-order valence-electron chi connectivity index (χ4n) is 16.2. The van der Waals surface area contributed by atoms with Gasteiger partial charge in [0.2, 0.25) is 11.8 Å². The maximum Gasteiger partial charge on any atom is 0.413 e. The van der Waals surface area contributed by atoms with Gasteiger partial charge in [-0.1, -0.05) is 107 Å². The number of hydrogen-bond donors (Lipinski definition) is 4. The number of benzene rings is 5. The van der Waals surface area contributed by atoms with Crippen molar-refractivity contribution in [1.82, 2.24) is 40.4 Å². The molecule has 4 N–H and O–H groups in total. The third kappa shape index (κ3) is 8.63. The Morgan fingerprint density at radius 1 is 0.561 bits per heavy atom. The molecule has 10 unspecified atom stereocenters. The number of carbonyl (C=O) groups excluding carboxylic acids is 4. The normalized spacial score (nSPS) is 27.1. The van der Waals surface area contributed by atoms with Gasteiger partial charge in [0, 0.05) is 17.6 Å². The molecule has 2 aromatic heterocycles. The van der Waals surface area contributed by atoms with E-state index in [9.17, 15) is 19.2 Å². The third-order valence-electron chi connectivity index (χ3n) is 20.8. The molecular weight excluding hydrogens is 1020 g/mol. The Hall–Kier alpha value is -7.74. The SMILES string of the molecule is CCC(C)[C@H](NC(=O)Oc1ccccc1)C(=O)N1C2CC2C[C@H]1c1ncc(-c2ccc(-c3ccc(-c4ccc5nc([C@@H]6CC7CC7N6C(=O)[C@@H](NC(=O)Oc6ccccc6)C(C)CC)[nH]c5c4)c4c3C3CCC4C3)c3c2C2CCC3C2)[nH]1. The van der Waals surface area contributed by atoms with Crippen molar-refractivity contribution >= 4 is 35.0 Å². The molecule has 4 bridgehead atoms. The van der Waals surface area contributed by atoms with Crippen LogP contribution in [0.4, 0.5) is 9.59 Å². The fourth-order valence-corrected chi connectivity index (χ4v) is 16.2. The summed E-state index contributed by atoms with van der Waals surface area (Å²) >= 11 is 0. The van der Waals surface area contributed by atoms with Gasteiger partial charge in [-0.15, -0.1) is 0 Å². The number of rotatable bonds is 15. The largest absolute Gasteiger partial charge is 0.413 e. The number of hydrogen-bond acceptors (Lipinski definition) is 8. The molecular formula is C68H72N8O6. The zero-order chi connectivity index (χ0) is 55.7. The molecule has 7 aromatic rings. The minimum absolute atomic E-state index is 0.0679. The van der Waals surface area contributed by atoms with Crippen molar-refractivity contribution in [2.45, 2.75) is 165 Å². The first-order valence-electron chi connectivity index (χ1n) is 30.6. The van der Waals surface area contributed by atoms with Crippen molar-refractivity contribution in [3.05, 3.63) is 143 Å². The Morgan fingerprint density at radius 2 is 1.04 bits per heavy atom. The molecule has 14 atom stereocenters. The van der Waals surface area contributed by atoms with Crippen molar-refractivity contribution in [2.24, 2.45) is 23.7 Å². The maximum absolute atomic E-state index is 14.7. The van der Waals surface area contributed by atoms with Gasteiger partial charge in [0.15, 0.2) is 0 Å². The standard InChI is InChI=1S/C68H72N8O6/c1-5-35(3)61(73-67(79)81-44-13-9-7-10-14-44)65(77)75-53-30-42(53)32-55(75)63-69-34-52(72-63)49-25-24-48(59-40-19-20-41(28-40)60(49)59)47-23-22-46(57-38-17-18-39(27-38)58(47)57)37-21-26-50-51(29-37)71-64(70-50)56-33-43-31-54(43)76(56)66(78)62(36(4)6-2)74-68(80)82-45-15-11-8-12-16-45/h7-16,21-26,29,34-36,38-43,53-56,61-62H,5-6,17-20,27-28,30-33H2,1-4H3,(H,69,72)(H,70,71)(H,73,79)(H,74,80)/t35?,36?,38?,39?,40?,41?,42?,43?,53?,54?,55-,56-,61-,62-/m0/s1. The van der Waals surface area contributed by atoms with Crippen LogP contribution in [0.3, 0.4) is 0 Å². The van der Waals surface area contributed by atoms with Crippen molar-refractivity contribution in [3.8, 4) is 45.0 Å². The van der Waals surface area contributed by atoms with Crippen LogP contribution in [0.5, 0.6) is 11.5 Å². The summed E-state index contributed by atoms with van der Waals surface area (Å²) in [5.74, 6) is 5.06. The second-order valence-electron chi connectivity index (χ2n) is 25.5. The number of ether oxygens (including phenoxy) is 2. The third-order valence-corrected chi connectivity index (χ3v) is 20.8. The van der Waals surface area contributed by atoms with Gasteiger partial charge in [-0.05, 0) is 192 Å². The zero-order valence-corrected chi connectivity index (χ0v) is 47.2. The Balaban J connectivity index is 0.706. The highest BCUT2D eigenvalue weighted by Crippen LogP contribution is 2.63. The first-order valence-corrected chi connectivity index (χ1v) is 30.6. The van der Waals surface area contributed by atoms with Crippen LogP contribution >= 0.6 is 0 Å². The summed E-state index contributed by atoms with van der Waals surface area (Å²) in [5.41, 5.74) is 15.4. The molecule has 14 nitrogen and oxygen atoms in total. The minimum Gasteiger partial charge on any atom is -0.410 e. The number of aromatic amines is 2. The highest BCUT2D eigenvalue weighted by Gasteiger charge is 2.58. The number of nitrogens with zero attached hydrogens (tertiary/aromatic N) is 4. The summed E-state index contributed by atoms with van der Waals surface area (Å²) in [6.45, 7) is 8.13. The first kappa shape index (κ1) is 51.2. The highest BCUT2D eigenvalue weighted by molar-refractivity contribution is 5.91. The van der Waals surface area contributed by atoms with E-state index in [0.29, 0.717) is 47.0 Å². The average molecular weight is 1100 g/mol. The van der Waals surface area contributed by atoms with Gasteiger partial charge in [-0.3, -0.25) is 9.59 Å². The first-order chi connectivity index (χ1) is 40.0. The molecule has 6 aliphatic carbocycles. The smallest absolute Gasteiger partial charge is 0.410 e. The lowest BCUT2D eigenvalue weighted by atomic mass is 9.77. The molecule has 4 amide bonds. The van der Waals surface area contributed by atoms with Gasteiger partial charge in [0.1, 0.15) is 35.2 Å². The van der Waals surface area contributed by atoms with Crippen molar-refractivity contribution in [2.75, 3.05) is 0 Å². The number of aromatic nitrogens is 4. The number of piperidine rings is 2. The van der Waals surface area contributed by atoms with Gasteiger partial charge in [-0.25, -0.2) is 19.6 Å². The lowest BCUT2D eigenvalue weighted by Crippen LogP contribution is -2.53. The van der Waals surface area contributed by atoms with Crippen LogP contribution in [0, 0.1) is 23.7 Å². The summed E-state index contributed by atoms with van der Waals surface area (Å²) in [6.07, 6.45) is 13.0. The summed E-state index contributed by atoms with van der Waals surface area (Å²) in [4.78, 5) is 77.6. The van der Waals surface area contributed by atoms with Crippen LogP contribution in [0.25, 0.3) is 44.5 Å². The number of carbonyl (C=O) groups is 4. The number of para-hydroxylation sites is 2. The van der Waals surface area contributed by atoms with Crippen LogP contribution in [0.2, 0.25) is 0 Å². The van der Waals surface area contributed by atoms with E-state index in [4.69, 9.17) is 19.4 Å². The van der Waals surface area contributed by atoms with Crippen LogP contribution < -0.4 is 20.1 Å². The number of H-pyrrole nitrogens is 2. The van der Waals surface area contributed by atoms with Gasteiger partial charge in [0.05, 0.1) is 35.0 Å². The molecule has 420 valence electrons. The van der Waals surface area contributed by atoms with Crippen LogP contribution in [-0.2, 0) is 9.59 Å². The van der Waals surface area contributed by atoms with Gasteiger partial charge < -0.3 is 39.9 Å². The molecule has 0 radical (unpaired) electrons. The number of fused-ring (bicyclic) bond motifs is 13. The Kier molecular flexibility index (Phi) is 12.5. The maximum atomic E-state index is 14.7.